The van der Waals surface area contributed by atoms with Gasteiger partial charge in [-0.3, -0.25) is 4.79 Å². The van der Waals surface area contributed by atoms with Crippen LogP contribution in [-0.4, -0.2) is 36.0 Å². The Labute approximate surface area is 166 Å². The predicted molar refractivity (Wildman–Crippen MR) is 112 cm³/mol. The van der Waals surface area contributed by atoms with E-state index >= 15 is 0 Å². The van der Waals surface area contributed by atoms with Gasteiger partial charge in [0.1, 0.15) is 5.82 Å². The number of amides is 1. The zero-order valence-electron chi connectivity index (χ0n) is 16.7. The number of aromatic nitrogens is 2. The Morgan fingerprint density at radius 3 is 2.59 bits per heavy atom. The molecule has 3 rings (SSSR count). The summed E-state index contributed by atoms with van der Waals surface area (Å²) in [7, 11) is 3.98. The van der Waals surface area contributed by atoms with Gasteiger partial charge in [-0.1, -0.05) is 44.7 Å². The predicted octanol–water partition coefficient (Wildman–Crippen LogP) is 4.02. The average molecular weight is 385 g/mol. The SMILES string of the molecule is CN(C)c1cc(C(C)(C)C)nc(SCc2cccc(C(=O)NC3CC3)c2)n1. The van der Waals surface area contributed by atoms with E-state index < -0.39 is 0 Å². The molecule has 0 spiro atoms. The van der Waals surface area contributed by atoms with Crippen LogP contribution in [0.4, 0.5) is 5.82 Å². The molecule has 1 aromatic heterocycles. The molecule has 5 nitrogen and oxygen atoms in total. The maximum atomic E-state index is 12.2. The molecule has 1 N–H and O–H groups in total. The number of anilines is 1. The van der Waals surface area contributed by atoms with Gasteiger partial charge in [-0.2, -0.15) is 0 Å². The van der Waals surface area contributed by atoms with Gasteiger partial charge in [0, 0.05) is 42.9 Å². The largest absolute Gasteiger partial charge is 0.363 e. The van der Waals surface area contributed by atoms with Gasteiger partial charge in [-0.15, -0.1) is 0 Å². The number of nitrogens with one attached hydrogen (secondary N) is 1. The van der Waals surface area contributed by atoms with Crippen molar-refractivity contribution in [3.05, 3.63) is 47.2 Å². The Morgan fingerprint density at radius 1 is 1.22 bits per heavy atom. The number of carbonyl (C=O) groups is 1. The summed E-state index contributed by atoms with van der Waals surface area (Å²) in [4.78, 5) is 23.7. The van der Waals surface area contributed by atoms with E-state index in [0.717, 1.165) is 46.4 Å². The maximum absolute atomic E-state index is 12.2. The van der Waals surface area contributed by atoms with Crippen molar-refractivity contribution in [2.45, 2.75) is 56.0 Å². The van der Waals surface area contributed by atoms with Crippen molar-refractivity contribution >= 4 is 23.5 Å². The number of benzene rings is 1. The molecule has 27 heavy (non-hydrogen) atoms. The Bertz CT molecular complexity index is 825. The van der Waals surface area contributed by atoms with Crippen LogP contribution in [-0.2, 0) is 11.2 Å². The number of hydrogen-bond donors (Lipinski definition) is 1. The van der Waals surface area contributed by atoms with Crippen LogP contribution in [0.5, 0.6) is 0 Å². The summed E-state index contributed by atoms with van der Waals surface area (Å²) in [5, 5.41) is 3.80. The summed E-state index contributed by atoms with van der Waals surface area (Å²) in [6, 6.07) is 10.2. The van der Waals surface area contributed by atoms with E-state index in [4.69, 9.17) is 4.98 Å². The molecule has 1 saturated carbocycles. The van der Waals surface area contributed by atoms with E-state index in [9.17, 15) is 4.79 Å². The second kappa shape index (κ2) is 7.89. The van der Waals surface area contributed by atoms with E-state index in [2.05, 4.69) is 31.1 Å². The third kappa shape index (κ3) is 5.45. The standard InChI is InChI=1S/C21H28N4OS/c1-21(2,3)17-12-18(25(4)5)24-20(23-17)27-13-14-7-6-8-15(11-14)19(26)22-16-9-10-16/h6-8,11-12,16H,9-10,13H2,1-5H3,(H,22,26). The van der Waals surface area contributed by atoms with Crippen LogP contribution in [0.25, 0.3) is 0 Å². The van der Waals surface area contributed by atoms with E-state index in [1.165, 1.54) is 0 Å². The molecule has 0 unspecified atom stereocenters. The quantitative estimate of drug-likeness (QED) is 0.602. The van der Waals surface area contributed by atoms with Crippen molar-refractivity contribution in [1.29, 1.82) is 0 Å². The van der Waals surface area contributed by atoms with Crippen molar-refractivity contribution < 1.29 is 4.79 Å². The van der Waals surface area contributed by atoms with E-state index in [1.807, 2.05) is 49.3 Å². The first-order chi connectivity index (χ1) is 12.7. The van der Waals surface area contributed by atoms with Gasteiger partial charge in [0.25, 0.3) is 5.91 Å². The van der Waals surface area contributed by atoms with E-state index in [0.29, 0.717) is 6.04 Å². The summed E-state index contributed by atoms with van der Waals surface area (Å²) in [5.41, 5.74) is 2.81. The third-order valence-corrected chi connectivity index (χ3v) is 5.31. The van der Waals surface area contributed by atoms with Crippen LogP contribution in [0.15, 0.2) is 35.5 Å². The van der Waals surface area contributed by atoms with Gasteiger partial charge in [0.15, 0.2) is 5.16 Å². The van der Waals surface area contributed by atoms with Gasteiger partial charge in [0.2, 0.25) is 0 Å². The summed E-state index contributed by atoms with van der Waals surface area (Å²) < 4.78 is 0. The zero-order chi connectivity index (χ0) is 19.6. The number of rotatable bonds is 6. The van der Waals surface area contributed by atoms with E-state index in [-0.39, 0.29) is 11.3 Å². The van der Waals surface area contributed by atoms with Crippen molar-refractivity contribution in [1.82, 2.24) is 15.3 Å². The fraction of sp³-hybridized carbons (Fsp3) is 0.476. The topological polar surface area (TPSA) is 58.1 Å². The minimum Gasteiger partial charge on any atom is -0.363 e. The highest BCUT2D eigenvalue weighted by Crippen LogP contribution is 2.28. The molecule has 0 bridgehead atoms. The lowest BCUT2D eigenvalue weighted by Crippen LogP contribution is -2.25. The molecule has 0 saturated heterocycles. The lowest BCUT2D eigenvalue weighted by Gasteiger charge is -2.21. The minimum atomic E-state index is -0.0379. The molecule has 0 radical (unpaired) electrons. The Hall–Kier alpha value is -2.08. The van der Waals surface area contributed by atoms with Gasteiger partial charge < -0.3 is 10.2 Å². The molecule has 1 fully saturated rings. The molecule has 6 heteroatoms. The summed E-state index contributed by atoms with van der Waals surface area (Å²) in [6.45, 7) is 6.47. The highest BCUT2D eigenvalue weighted by molar-refractivity contribution is 7.98. The molecule has 2 aromatic rings. The molecular formula is C21H28N4OS. The van der Waals surface area contributed by atoms with Crippen LogP contribution < -0.4 is 10.2 Å². The number of carbonyl (C=O) groups excluding carboxylic acids is 1. The lowest BCUT2D eigenvalue weighted by atomic mass is 9.92. The molecule has 1 amide bonds. The monoisotopic (exact) mass is 384 g/mol. The van der Waals surface area contributed by atoms with Crippen molar-refractivity contribution in [2.75, 3.05) is 19.0 Å². The van der Waals surface area contributed by atoms with Crippen LogP contribution in [0.3, 0.4) is 0 Å². The molecule has 1 aliphatic carbocycles. The second-order valence-electron chi connectivity index (χ2n) is 8.28. The highest BCUT2D eigenvalue weighted by Gasteiger charge is 2.24. The normalized spacial score (nSPS) is 14.1. The van der Waals surface area contributed by atoms with Gasteiger partial charge in [0.05, 0.1) is 5.69 Å². The lowest BCUT2D eigenvalue weighted by molar-refractivity contribution is 0.0951. The fourth-order valence-corrected chi connectivity index (χ4v) is 3.33. The molecular weight excluding hydrogens is 356 g/mol. The third-order valence-electron chi connectivity index (χ3n) is 4.39. The summed E-state index contributed by atoms with van der Waals surface area (Å²) in [5.74, 6) is 1.66. The number of hydrogen-bond acceptors (Lipinski definition) is 5. The molecule has 0 aliphatic heterocycles. The molecule has 1 aromatic carbocycles. The zero-order valence-corrected chi connectivity index (χ0v) is 17.6. The number of nitrogens with zero attached hydrogens (tertiary/aromatic N) is 3. The summed E-state index contributed by atoms with van der Waals surface area (Å²) in [6.07, 6.45) is 2.19. The van der Waals surface area contributed by atoms with Crippen LogP contribution in [0.1, 0.15) is 55.2 Å². The summed E-state index contributed by atoms with van der Waals surface area (Å²) >= 11 is 1.60. The fourth-order valence-electron chi connectivity index (χ4n) is 2.54. The second-order valence-corrected chi connectivity index (χ2v) is 9.22. The first-order valence-corrected chi connectivity index (χ1v) is 10.3. The molecule has 1 heterocycles. The Morgan fingerprint density at radius 2 is 1.96 bits per heavy atom. The maximum Gasteiger partial charge on any atom is 0.251 e. The van der Waals surface area contributed by atoms with E-state index in [1.54, 1.807) is 11.8 Å². The van der Waals surface area contributed by atoms with Crippen molar-refractivity contribution in [3.63, 3.8) is 0 Å². The Balaban J connectivity index is 1.74. The van der Waals surface area contributed by atoms with Crippen molar-refractivity contribution in [3.8, 4) is 0 Å². The average Bonchev–Trinajstić information content (AvgIpc) is 3.43. The molecule has 144 valence electrons. The van der Waals surface area contributed by atoms with Gasteiger partial charge in [-0.05, 0) is 30.5 Å². The smallest absolute Gasteiger partial charge is 0.251 e. The molecule has 1 aliphatic rings. The van der Waals surface area contributed by atoms with Crippen molar-refractivity contribution in [2.24, 2.45) is 0 Å². The van der Waals surface area contributed by atoms with Crippen LogP contribution in [0.2, 0.25) is 0 Å². The van der Waals surface area contributed by atoms with Gasteiger partial charge in [-0.25, -0.2) is 9.97 Å². The van der Waals surface area contributed by atoms with Crippen LogP contribution >= 0.6 is 11.8 Å². The highest BCUT2D eigenvalue weighted by atomic mass is 32.2. The first-order valence-electron chi connectivity index (χ1n) is 9.32. The first kappa shape index (κ1) is 19.7. The van der Waals surface area contributed by atoms with Gasteiger partial charge >= 0.3 is 0 Å². The Kier molecular flexibility index (Phi) is 5.75. The van der Waals surface area contributed by atoms with Crippen LogP contribution in [0, 0.1) is 0 Å². The minimum absolute atomic E-state index is 0.0187. The number of thioether (sulfide) groups is 1. The molecule has 0 atom stereocenters.